The number of rotatable bonds is 2. The van der Waals surface area contributed by atoms with Crippen LogP contribution in [0.25, 0.3) is 0 Å². The molecule has 6 heteroatoms. The Morgan fingerprint density at radius 2 is 2.06 bits per heavy atom. The molecule has 2 amide bonds. The van der Waals surface area contributed by atoms with Gasteiger partial charge in [-0.2, -0.15) is 0 Å². The summed E-state index contributed by atoms with van der Waals surface area (Å²) in [6.45, 7) is 0.439. The molecule has 1 heterocycles. The third-order valence-corrected chi connectivity index (χ3v) is 2.99. The molecule has 1 aliphatic rings. The van der Waals surface area contributed by atoms with E-state index in [1.807, 2.05) is 0 Å². The number of anilines is 1. The molecule has 1 saturated heterocycles. The first-order chi connectivity index (χ1) is 8.50. The molecule has 1 aromatic rings. The van der Waals surface area contributed by atoms with Crippen molar-refractivity contribution in [1.82, 2.24) is 5.01 Å². The molecule has 0 aromatic heterocycles. The van der Waals surface area contributed by atoms with Crippen LogP contribution in [0, 0.1) is 11.7 Å². The van der Waals surface area contributed by atoms with Gasteiger partial charge >= 0.3 is 0 Å². The van der Waals surface area contributed by atoms with E-state index in [2.05, 4.69) is 0 Å². The molecular formula is C12H14FN3O2. The van der Waals surface area contributed by atoms with E-state index in [1.54, 1.807) is 0 Å². The zero-order chi connectivity index (χ0) is 13.3. The second kappa shape index (κ2) is 4.73. The highest BCUT2D eigenvalue weighted by Crippen LogP contribution is 2.26. The van der Waals surface area contributed by atoms with Crippen LogP contribution >= 0.6 is 0 Å². The summed E-state index contributed by atoms with van der Waals surface area (Å²) in [7, 11) is 1.41. The molecular weight excluding hydrogens is 237 g/mol. The van der Waals surface area contributed by atoms with Gasteiger partial charge in [-0.3, -0.25) is 14.6 Å². The van der Waals surface area contributed by atoms with Crippen LogP contribution in [0.3, 0.4) is 0 Å². The molecule has 1 aromatic carbocycles. The Bertz CT molecular complexity index is 473. The van der Waals surface area contributed by atoms with Crippen LogP contribution in [0.1, 0.15) is 6.42 Å². The second-order valence-electron chi connectivity index (χ2n) is 4.26. The maximum atomic E-state index is 12.8. The van der Waals surface area contributed by atoms with Crippen molar-refractivity contribution in [3.63, 3.8) is 0 Å². The molecule has 1 unspecified atom stereocenters. The first-order valence-corrected chi connectivity index (χ1v) is 5.60. The normalized spacial score (nSPS) is 19.2. The minimum Gasteiger partial charge on any atom is -0.312 e. The number of nitrogens with zero attached hydrogens (tertiary/aromatic N) is 2. The molecule has 96 valence electrons. The summed E-state index contributed by atoms with van der Waals surface area (Å²) < 4.78 is 12.8. The van der Waals surface area contributed by atoms with Crippen molar-refractivity contribution in [3.05, 3.63) is 30.1 Å². The number of carbonyl (C=O) groups excluding carboxylic acids is 2. The van der Waals surface area contributed by atoms with Gasteiger partial charge < -0.3 is 4.90 Å². The zero-order valence-corrected chi connectivity index (χ0v) is 9.97. The highest BCUT2D eigenvalue weighted by atomic mass is 19.1. The topological polar surface area (TPSA) is 66.6 Å². The van der Waals surface area contributed by atoms with Gasteiger partial charge in [0.15, 0.2) is 0 Å². The monoisotopic (exact) mass is 251 g/mol. The van der Waals surface area contributed by atoms with E-state index in [-0.39, 0.29) is 11.7 Å². The van der Waals surface area contributed by atoms with E-state index in [4.69, 9.17) is 5.84 Å². The molecule has 5 nitrogen and oxygen atoms in total. The van der Waals surface area contributed by atoms with Gasteiger partial charge in [-0.15, -0.1) is 0 Å². The summed E-state index contributed by atoms with van der Waals surface area (Å²) >= 11 is 0. The first-order valence-electron chi connectivity index (χ1n) is 5.60. The summed E-state index contributed by atoms with van der Waals surface area (Å²) in [6.07, 6.45) is 0.427. The average Bonchev–Trinajstić information content (AvgIpc) is 2.71. The first kappa shape index (κ1) is 12.5. The van der Waals surface area contributed by atoms with Crippen LogP contribution in [-0.4, -0.2) is 30.4 Å². The molecule has 2 N–H and O–H groups in total. The fraction of sp³-hybridized carbons (Fsp3) is 0.333. The van der Waals surface area contributed by atoms with Crippen LogP contribution in [-0.2, 0) is 9.59 Å². The molecule has 0 aliphatic carbocycles. The molecule has 1 fully saturated rings. The Balaban J connectivity index is 2.17. The summed E-state index contributed by atoms with van der Waals surface area (Å²) in [6, 6.07) is 5.61. The van der Waals surface area contributed by atoms with E-state index >= 15 is 0 Å². The lowest BCUT2D eigenvalue weighted by atomic mass is 10.1. The van der Waals surface area contributed by atoms with E-state index in [9.17, 15) is 14.0 Å². The van der Waals surface area contributed by atoms with Crippen molar-refractivity contribution in [2.75, 3.05) is 18.5 Å². The SMILES string of the molecule is CN(N)C(=O)C1CCN(c2ccc(F)cc2)C1=O. The number of hydrazine groups is 1. The number of carbonyl (C=O) groups is 2. The van der Waals surface area contributed by atoms with Crippen molar-refractivity contribution in [2.45, 2.75) is 6.42 Å². The number of hydrogen-bond donors (Lipinski definition) is 1. The van der Waals surface area contributed by atoms with E-state index in [1.165, 1.54) is 36.2 Å². The number of amides is 2. The molecule has 0 radical (unpaired) electrons. The maximum absolute atomic E-state index is 12.8. The Morgan fingerprint density at radius 3 is 2.61 bits per heavy atom. The minimum atomic E-state index is -0.731. The van der Waals surface area contributed by atoms with Gasteiger partial charge in [-0.1, -0.05) is 0 Å². The lowest BCUT2D eigenvalue weighted by Crippen LogP contribution is -2.41. The van der Waals surface area contributed by atoms with Crippen LogP contribution in [0.5, 0.6) is 0 Å². The maximum Gasteiger partial charge on any atom is 0.248 e. The fourth-order valence-electron chi connectivity index (χ4n) is 2.03. The molecule has 0 bridgehead atoms. The standard InChI is InChI=1S/C12H14FN3O2/c1-15(14)11(17)10-6-7-16(12(10)18)9-4-2-8(13)3-5-9/h2-5,10H,6-7,14H2,1H3. The van der Waals surface area contributed by atoms with Gasteiger partial charge in [0.25, 0.3) is 0 Å². The van der Waals surface area contributed by atoms with Gasteiger partial charge in [0.2, 0.25) is 11.8 Å². The predicted octanol–water partition coefficient (Wildman–Crippen LogP) is 0.511. The van der Waals surface area contributed by atoms with Crippen molar-refractivity contribution in [3.8, 4) is 0 Å². The number of nitrogens with two attached hydrogens (primary N) is 1. The van der Waals surface area contributed by atoms with Crippen molar-refractivity contribution in [1.29, 1.82) is 0 Å². The third kappa shape index (κ3) is 2.19. The second-order valence-corrected chi connectivity index (χ2v) is 4.26. The lowest BCUT2D eigenvalue weighted by Gasteiger charge is -2.18. The van der Waals surface area contributed by atoms with Crippen molar-refractivity contribution >= 4 is 17.5 Å². The Morgan fingerprint density at radius 1 is 1.44 bits per heavy atom. The molecule has 0 saturated carbocycles. The van der Waals surface area contributed by atoms with E-state index in [0.717, 1.165) is 5.01 Å². The largest absolute Gasteiger partial charge is 0.312 e. The van der Waals surface area contributed by atoms with Crippen LogP contribution in [0.4, 0.5) is 10.1 Å². The highest BCUT2D eigenvalue weighted by Gasteiger charge is 2.38. The Kier molecular flexibility index (Phi) is 3.29. The van der Waals surface area contributed by atoms with Gasteiger partial charge in [-0.25, -0.2) is 10.2 Å². The molecule has 18 heavy (non-hydrogen) atoms. The van der Waals surface area contributed by atoms with Crippen molar-refractivity contribution < 1.29 is 14.0 Å². The molecule has 1 atom stereocenters. The summed E-state index contributed by atoms with van der Waals surface area (Å²) in [5.74, 6) is 3.57. The number of halogens is 1. The van der Waals surface area contributed by atoms with Crippen LogP contribution in [0.2, 0.25) is 0 Å². The molecule has 2 rings (SSSR count). The molecule has 1 aliphatic heterocycles. The van der Waals surface area contributed by atoms with Crippen LogP contribution in [0.15, 0.2) is 24.3 Å². The van der Waals surface area contributed by atoms with E-state index in [0.29, 0.717) is 18.7 Å². The van der Waals surface area contributed by atoms with E-state index < -0.39 is 11.8 Å². The minimum absolute atomic E-state index is 0.288. The van der Waals surface area contributed by atoms with Gasteiger partial charge in [0.1, 0.15) is 11.7 Å². The molecule has 0 spiro atoms. The third-order valence-electron chi connectivity index (χ3n) is 2.99. The summed E-state index contributed by atoms with van der Waals surface area (Å²) in [5, 5.41) is 0.927. The smallest absolute Gasteiger partial charge is 0.248 e. The lowest BCUT2D eigenvalue weighted by molar-refractivity contribution is -0.139. The number of benzene rings is 1. The zero-order valence-electron chi connectivity index (χ0n) is 9.97. The quantitative estimate of drug-likeness (QED) is 0.360. The summed E-state index contributed by atoms with van der Waals surface area (Å²) in [4.78, 5) is 25.2. The van der Waals surface area contributed by atoms with Gasteiger partial charge in [0, 0.05) is 19.3 Å². The summed E-state index contributed by atoms with van der Waals surface area (Å²) in [5.41, 5.74) is 0.594. The number of hydrogen-bond acceptors (Lipinski definition) is 3. The van der Waals surface area contributed by atoms with Crippen molar-refractivity contribution in [2.24, 2.45) is 11.8 Å². The highest BCUT2D eigenvalue weighted by molar-refractivity contribution is 6.09. The fourth-order valence-corrected chi connectivity index (χ4v) is 2.03. The van der Waals surface area contributed by atoms with Crippen LogP contribution < -0.4 is 10.7 Å². The Labute approximate surface area is 104 Å². The Hall–Kier alpha value is -1.95. The average molecular weight is 251 g/mol. The van der Waals surface area contributed by atoms with Gasteiger partial charge in [0.05, 0.1) is 0 Å². The van der Waals surface area contributed by atoms with Gasteiger partial charge in [-0.05, 0) is 30.7 Å². The predicted molar refractivity (Wildman–Crippen MR) is 63.8 cm³/mol.